The number of nitrogens with zero attached hydrogens (tertiary/aromatic N) is 6. The molecule has 0 fully saturated rings. The van der Waals surface area contributed by atoms with Crippen molar-refractivity contribution in [3.8, 4) is 11.5 Å². The predicted octanol–water partition coefficient (Wildman–Crippen LogP) is 6.51. The lowest BCUT2D eigenvalue weighted by Gasteiger charge is -2.31. The number of benzene rings is 4. The Bertz CT molecular complexity index is 2890. The number of para-hydroxylation sites is 4. The molecule has 0 aliphatic carbocycles. The molecule has 0 radical (unpaired) electrons. The molecule has 0 N–H and O–H groups in total. The lowest BCUT2D eigenvalue weighted by Crippen LogP contribution is -2.71. The van der Waals surface area contributed by atoms with Gasteiger partial charge in [0.1, 0.15) is 33.7 Å². The zero-order valence-corrected chi connectivity index (χ0v) is 23.0. The summed E-state index contributed by atoms with van der Waals surface area (Å²) in [5.74, 6) is 1.80. The Labute approximate surface area is 247 Å². The molecule has 13 rings (SSSR count). The van der Waals surface area contributed by atoms with Gasteiger partial charge in [-0.2, -0.15) is 17.9 Å². The second-order valence-electron chi connectivity index (χ2n) is 12.2. The van der Waals surface area contributed by atoms with Gasteiger partial charge in [-0.1, -0.05) is 24.3 Å². The molecule has 6 aromatic heterocycles. The molecule has 0 bridgehead atoms. The van der Waals surface area contributed by atoms with E-state index in [2.05, 4.69) is 113 Å². The highest BCUT2D eigenvalue weighted by Crippen LogP contribution is 2.58. The van der Waals surface area contributed by atoms with E-state index in [0.29, 0.717) is 0 Å². The zero-order chi connectivity index (χ0) is 28.1. The van der Waals surface area contributed by atoms with Crippen molar-refractivity contribution >= 4 is 76.7 Å². The number of fused-ring (bicyclic) bond motifs is 12. The minimum absolute atomic E-state index is 0.703. The van der Waals surface area contributed by atoms with Gasteiger partial charge in [-0.05, 0) is 48.5 Å². The van der Waals surface area contributed by atoms with Gasteiger partial charge in [0.2, 0.25) is 0 Å². The van der Waals surface area contributed by atoms with E-state index in [9.17, 15) is 0 Å². The fraction of sp³-hybridized carbons (Fsp3) is 0.0270. The van der Waals surface area contributed by atoms with Crippen LogP contribution in [0.2, 0.25) is 0 Å². The average molecular weight is 563 g/mol. The summed E-state index contributed by atoms with van der Waals surface area (Å²) in [6.45, 7) is 0. The van der Waals surface area contributed by atoms with Gasteiger partial charge >= 0.3 is 17.0 Å². The molecule has 44 heavy (non-hydrogen) atoms. The van der Waals surface area contributed by atoms with Gasteiger partial charge in [-0.15, -0.1) is 0 Å². The van der Waals surface area contributed by atoms with Crippen molar-refractivity contribution in [2.45, 2.75) is 5.66 Å². The maximum atomic E-state index is 6.92. The Kier molecular flexibility index (Phi) is 2.97. The summed E-state index contributed by atoms with van der Waals surface area (Å²) in [6.07, 6.45) is 7.83. The van der Waals surface area contributed by atoms with E-state index in [0.717, 1.165) is 33.3 Å². The number of hydrogen-bond acceptors (Lipinski definition) is 3. The highest BCUT2D eigenvalue weighted by molar-refractivity contribution is 6.19. The quantitative estimate of drug-likeness (QED) is 0.157. The summed E-state index contributed by atoms with van der Waals surface area (Å²) in [4.78, 5) is 9.19. The van der Waals surface area contributed by atoms with Gasteiger partial charge in [0.05, 0.1) is 10.8 Å². The summed E-state index contributed by atoms with van der Waals surface area (Å²) >= 11 is 0. The average Bonchev–Trinajstić information content (AvgIpc) is 3.79. The van der Waals surface area contributed by atoms with E-state index in [4.69, 9.17) is 4.74 Å². The van der Waals surface area contributed by atoms with Crippen LogP contribution in [-0.2, 0) is 5.66 Å². The summed E-state index contributed by atoms with van der Waals surface area (Å²) in [6, 6.07) is 30.7. The van der Waals surface area contributed by atoms with Crippen LogP contribution in [0.25, 0.3) is 76.7 Å². The second kappa shape index (κ2) is 6.31. The summed E-state index contributed by atoms with van der Waals surface area (Å²) < 4.78 is 17.0. The normalized spacial score (nSPS) is 15.2. The lowest BCUT2D eigenvalue weighted by atomic mass is 9.85. The minimum Gasteiger partial charge on any atom is -0.456 e. The van der Waals surface area contributed by atoms with Gasteiger partial charge in [0.15, 0.2) is 22.1 Å². The largest absolute Gasteiger partial charge is 0.456 e. The van der Waals surface area contributed by atoms with E-state index in [-0.39, 0.29) is 0 Å². The number of ether oxygens (including phenoxy) is 1. The van der Waals surface area contributed by atoms with Gasteiger partial charge < -0.3 is 4.74 Å². The van der Waals surface area contributed by atoms with E-state index in [1.807, 2.05) is 24.8 Å². The van der Waals surface area contributed by atoms with Gasteiger partial charge in [0.25, 0.3) is 0 Å². The zero-order valence-electron chi connectivity index (χ0n) is 23.0. The lowest BCUT2D eigenvalue weighted by molar-refractivity contribution is -0.923. The van der Waals surface area contributed by atoms with E-state index in [1.165, 1.54) is 66.0 Å². The molecule has 0 saturated carbocycles. The van der Waals surface area contributed by atoms with E-state index >= 15 is 0 Å². The maximum absolute atomic E-state index is 6.92. The van der Waals surface area contributed by atoms with Crippen LogP contribution in [0.3, 0.4) is 0 Å². The highest BCUT2D eigenvalue weighted by Gasteiger charge is 2.67. The van der Waals surface area contributed by atoms with Crippen LogP contribution in [0.4, 0.5) is 0 Å². The van der Waals surface area contributed by atoms with Crippen molar-refractivity contribution in [3.05, 3.63) is 121 Å². The van der Waals surface area contributed by atoms with Crippen molar-refractivity contribution < 1.29 is 13.9 Å². The first-order valence-corrected chi connectivity index (χ1v) is 14.9. The maximum Gasteiger partial charge on any atom is 0.316 e. The molecular formula is C37H18N6O+2. The number of pyridine rings is 4. The van der Waals surface area contributed by atoms with Crippen molar-refractivity contribution in [3.63, 3.8) is 0 Å². The number of imidazole rings is 2. The van der Waals surface area contributed by atoms with Crippen LogP contribution in [0.1, 0.15) is 11.1 Å². The molecule has 3 aliphatic rings. The second-order valence-corrected chi connectivity index (χ2v) is 12.2. The molecule has 0 saturated heterocycles. The molecule has 9 heterocycles. The molecule has 0 amide bonds. The number of rotatable bonds is 0. The van der Waals surface area contributed by atoms with Crippen LogP contribution in [0.15, 0.2) is 110 Å². The topological polar surface area (TPSA) is 51.6 Å². The molecule has 1 spiro atoms. The first-order valence-electron chi connectivity index (χ1n) is 14.9. The number of aromatic nitrogens is 6. The highest BCUT2D eigenvalue weighted by atomic mass is 16.5. The van der Waals surface area contributed by atoms with Gasteiger partial charge in [-0.25, -0.2) is 0 Å². The third-order valence-corrected chi connectivity index (χ3v) is 10.6. The van der Waals surface area contributed by atoms with Crippen molar-refractivity contribution in [2.75, 3.05) is 0 Å². The van der Waals surface area contributed by atoms with Crippen molar-refractivity contribution in [1.82, 2.24) is 18.8 Å². The summed E-state index contributed by atoms with van der Waals surface area (Å²) in [5.41, 5.74) is 11.1. The Morgan fingerprint density at radius 3 is 1.55 bits per heavy atom. The van der Waals surface area contributed by atoms with Gasteiger partial charge in [0, 0.05) is 58.5 Å². The van der Waals surface area contributed by atoms with Gasteiger partial charge in [-0.3, -0.25) is 9.97 Å². The minimum atomic E-state index is -0.703. The molecule has 7 nitrogen and oxygen atoms in total. The predicted molar refractivity (Wildman–Crippen MR) is 167 cm³/mol. The first-order chi connectivity index (χ1) is 21.9. The Morgan fingerprint density at radius 1 is 0.523 bits per heavy atom. The fourth-order valence-corrected chi connectivity index (χ4v) is 9.24. The molecule has 4 aromatic carbocycles. The van der Waals surface area contributed by atoms with Crippen LogP contribution in [-0.4, -0.2) is 18.8 Å². The first kappa shape index (κ1) is 20.7. The Morgan fingerprint density at radius 2 is 1.02 bits per heavy atom. The molecular weight excluding hydrogens is 544 g/mol. The van der Waals surface area contributed by atoms with E-state index < -0.39 is 5.66 Å². The fourth-order valence-electron chi connectivity index (χ4n) is 9.24. The third-order valence-electron chi connectivity index (χ3n) is 10.6. The molecule has 200 valence electrons. The van der Waals surface area contributed by atoms with E-state index in [1.54, 1.807) is 0 Å². The SMILES string of the molecule is c1ccc2c(c1)n1c3ccncc3c3ccc4c5c3c1[n+]2C51c2c(ccc3c5cnccc5n5c6ccccc6[n+]1c5c23)O4. The molecule has 0 unspecified atom stereocenters. The molecule has 7 heteroatoms. The molecule has 0 atom stereocenters. The smallest absolute Gasteiger partial charge is 0.316 e. The monoisotopic (exact) mass is 562 g/mol. The number of hydrogen-bond donors (Lipinski definition) is 0. The van der Waals surface area contributed by atoms with Crippen LogP contribution >= 0.6 is 0 Å². The van der Waals surface area contributed by atoms with Crippen molar-refractivity contribution in [2.24, 2.45) is 0 Å². The Hall–Kier alpha value is -6.08. The Balaban J connectivity index is 1.45. The standard InChI is InChI=1S/C37H18N6O/c1-3-7-27-25(5-1)40-23-13-15-38-17-21(23)19-9-11-29-33-31(19)35(40)42(27)37(33)34-30(44-29)12-10-20-22-18-39-16-14-24(22)41-26-6-2-4-8-28(26)43(37)36(41)32(20)34/h1-18H/q+2. The van der Waals surface area contributed by atoms with Crippen LogP contribution in [0.5, 0.6) is 11.5 Å². The molecule has 3 aliphatic heterocycles. The summed E-state index contributed by atoms with van der Waals surface area (Å²) in [7, 11) is 0. The molecule has 10 aromatic rings. The van der Waals surface area contributed by atoms with Crippen LogP contribution in [0, 0.1) is 0 Å². The van der Waals surface area contributed by atoms with Crippen molar-refractivity contribution in [1.29, 1.82) is 0 Å². The van der Waals surface area contributed by atoms with Crippen LogP contribution < -0.4 is 13.9 Å². The third kappa shape index (κ3) is 1.80. The summed E-state index contributed by atoms with van der Waals surface area (Å²) in [5, 5.41) is 7.09.